The van der Waals surface area contributed by atoms with Gasteiger partial charge in [0.1, 0.15) is 12.2 Å². The zero-order valence-corrected chi connectivity index (χ0v) is 8.21. The Hall–Kier alpha value is -2.11. The van der Waals surface area contributed by atoms with Gasteiger partial charge in [0, 0.05) is 24.8 Å². The molecule has 0 saturated heterocycles. The second-order valence-electron chi connectivity index (χ2n) is 3.12. The number of aromatic amines is 1. The Morgan fingerprint density at radius 1 is 1.60 bits per heavy atom. The van der Waals surface area contributed by atoms with Crippen LogP contribution >= 0.6 is 0 Å². The van der Waals surface area contributed by atoms with Crippen molar-refractivity contribution in [3.63, 3.8) is 0 Å². The van der Waals surface area contributed by atoms with Crippen LogP contribution in [0.5, 0.6) is 0 Å². The lowest BCUT2D eigenvalue weighted by Gasteiger charge is -2.10. The highest BCUT2D eigenvalue weighted by atomic mass is 16.2. The maximum absolute atomic E-state index is 11.6. The quantitative estimate of drug-likeness (QED) is 0.765. The van der Waals surface area contributed by atoms with Gasteiger partial charge in [0.2, 0.25) is 0 Å². The number of nitrogens with one attached hydrogen (secondary N) is 2. The van der Waals surface area contributed by atoms with Gasteiger partial charge in [-0.15, -0.1) is 0 Å². The van der Waals surface area contributed by atoms with Crippen LogP contribution in [0.1, 0.15) is 18.8 Å². The largest absolute Gasteiger partial charge is 0.347 e. The van der Waals surface area contributed by atoms with Crippen LogP contribution < -0.4 is 5.32 Å². The number of nitrogens with zero attached hydrogens (tertiary/aromatic N) is 3. The van der Waals surface area contributed by atoms with E-state index in [2.05, 4.69) is 20.3 Å². The summed E-state index contributed by atoms with van der Waals surface area (Å²) in [5.41, 5.74) is 0. The molecule has 2 aromatic rings. The van der Waals surface area contributed by atoms with Gasteiger partial charge in [-0.1, -0.05) is 0 Å². The minimum Gasteiger partial charge on any atom is -0.347 e. The minimum absolute atomic E-state index is 0.158. The van der Waals surface area contributed by atoms with Crippen molar-refractivity contribution in [3.8, 4) is 0 Å². The Labute approximate surface area is 86.4 Å². The molecule has 2 rings (SSSR count). The third-order valence-electron chi connectivity index (χ3n) is 2.01. The SMILES string of the molecule is CC(NC(=O)n1ccnc1)c1ncc[nH]1. The second-order valence-corrected chi connectivity index (χ2v) is 3.12. The number of carbonyl (C=O) groups excluding carboxylic acids is 1. The molecule has 0 saturated carbocycles. The van der Waals surface area contributed by atoms with Crippen molar-refractivity contribution in [1.29, 1.82) is 0 Å². The fourth-order valence-corrected chi connectivity index (χ4v) is 1.22. The first-order valence-corrected chi connectivity index (χ1v) is 4.55. The maximum atomic E-state index is 11.6. The average Bonchev–Trinajstić information content (AvgIpc) is 2.91. The van der Waals surface area contributed by atoms with Gasteiger partial charge in [-0.2, -0.15) is 0 Å². The monoisotopic (exact) mass is 205 g/mol. The fourth-order valence-electron chi connectivity index (χ4n) is 1.22. The van der Waals surface area contributed by atoms with Gasteiger partial charge in [-0.05, 0) is 6.92 Å². The zero-order valence-electron chi connectivity index (χ0n) is 8.21. The predicted molar refractivity (Wildman–Crippen MR) is 53.2 cm³/mol. The summed E-state index contributed by atoms with van der Waals surface area (Å²) in [6.45, 7) is 1.85. The van der Waals surface area contributed by atoms with Crippen molar-refractivity contribution in [2.75, 3.05) is 0 Å². The van der Waals surface area contributed by atoms with Crippen molar-refractivity contribution in [2.45, 2.75) is 13.0 Å². The molecule has 15 heavy (non-hydrogen) atoms. The summed E-state index contributed by atoms with van der Waals surface area (Å²) >= 11 is 0. The first-order valence-electron chi connectivity index (χ1n) is 4.55. The van der Waals surface area contributed by atoms with E-state index in [1.807, 2.05) is 6.92 Å². The van der Waals surface area contributed by atoms with Crippen LogP contribution in [0.2, 0.25) is 0 Å². The number of imidazole rings is 2. The summed E-state index contributed by atoms with van der Waals surface area (Å²) in [7, 11) is 0. The van der Waals surface area contributed by atoms with E-state index < -0.39 is 0 Å². The van der Waals surface area contributed by atoms with Crippen molar-refractivity contribution >= 4 is 6.03 Å². The number of H-pyrrole nitrogens is 1. The summed E-state index contributed by atoms with van der Waals surface area (Å²) in [6, 6.07) is -0.383. The molecule has 6 heteroatoms. The summed E-state index contributed by atoms with van der Waals surface area (Å²) in [6.07, 6.45) is 7.95. The van der Waals surface area contributed by atoms with Crippen molar-refractivity contribution in [2.24, 2.45) is 0 Å². The van der Waals surface area contributed by atoms with Crippen LogP contribution in [0, 0.1) is 0 Å². The molecule has 0 bridgehead atoms. The Bertz CT molecular complexity index is 419. The molecule has 2 aromatic heterocycles. The Morgan fingerprint density at radius 3 is 3.07 bits per heavy atom. The summed E-state index contributed by atoms with van der Waals surface area (Å²) in [4.78, 5) is 22.4. The van der Waals surface area contributed by atoms with Gasteiger partial charge in [-0.25, -0.2) is 14.8 Å². The van der Waals surface area contributed by atoms with Crippen LogP contribution in [0.4, 0.5) is 4.79 Å². The van der Waals surface area contributed by atoms with Crippen molar-refractivity contribution in [1.82, 2.24) is 24.8 Å². The molecule has 78 valence electrons. The van der Waals surface area contributed by atoms with Crippen LogP contribution in [-0.4, -0.2) is 25.6 Å². The second kappa shape index (κ2) is 3.95. The smallest absolute Gasteiger partial charge is 0.327 e. The van der Waals surface area contributed by atoms with E-state index in [0.717, 1.165) is 5.82 Å². The number of aromatic nitrogens is 4. The van der Waals surface area contributed by atoms with Crippen LogP contribution in [-0.2, 0) is 0 Å². The molecule has 2 N–H and O–H groups in total. The molecular weight excluding hydrogens is 194 g/mol. The number of carbonyl (C=O) groups is 1. The normalized spacial score (nSPS) is 12.3. The third kappa shape index (κ3) is 2.04. The average molecular weight is 205 g/mol. The maximum Gasteiger partial charge on any atom is 0.327 e. The molecule has 0 aliphatic carbocycles. The van der Waals surface area contributed by atoms with Gasteiger partial charge < -0.3 is 10.3 Å². The fraction of sp³-hybridized carbons (Fsp3) is 0.222. The van der Waals surface area contributed by atoms with Gasteiger partial charge >= 0.3 is 6.03 Å². The van der Waals surface area contributed by atoms with Crippen molar-refractivity contribution in [3.05, 3.63) is 36.9 Å². The molecule has 0 aliphatic heterocycles. The lowest BCUT2D eigenvalue weighted by Crippen LogP contribution is -2.30. The standard InChI is InChI=1S/C9H11N5O/c1-7(8-11-2-3-12-8)13-9(15)14-5-4-10-6-14/h2-7H,1H3,(H,11,12)(H,13,15). The first kappa shape index (κ1) is 9.45. The van der Waals surface area contributed by atoms with Gasteiger partial charge in [0.05, 0.1) is 6.04 Å². The van der Waals surface area contributed by atoms with E-state index in [9.17, 15) is 4.79 Å². The summed E-state index contributed by atoms with van der Waals surface area (Å²) in [5.74, 6) is 0.725. The van der Waals surface area contributed by atoms with Crippen LogP contribution in [0.25, 0.3) is 0 Å². The molecule has 1 atom stereocenters. The van der Waals surface area contributed by atoms with Crippen LogP contribution in [0.3, 0.4) is 0 Å². The zero-order chi connectivity index (χ0) is 10.7. The predicted octanol–water partition coefficient (Wildman–Crippen LogP) is 0.925. The van der Waals surface area contributed by atoms with E-state index >= 15 is 0 Å². The van der Waals surface area contributed by atoms with Crippen LogP contribution in [0.15, 0.2) is 31.1 Å². The topological polar surface area (TPSA) is 75.6 Å². The number of amides is 1. The number of hydrogen-bond acceptors (Lipinski definition) is 3. The molecule has 0 aromatic carbocycles. The Morgan fingerprint density at radius 2 is 2.47 bits per heavy atom. The molecule has 0 fully saturated rings. The lowest BCUT2D eigenvalue weighted by molar-refractivity contribution is 0.239. The molecule has 0 radical (unpaired) electrons. The van der Waals surface area contributed by atoms with E-state index in [0.29, 0.717) is 0 Å². The highest BCUT2D eigenvalue weighted by Crippen LogP contribution is 2.05. The molecule has 0 aliphatic rings. The molecule has 1 amide bonds. The molecule has 0 spiro atoms. The minimum atomic E-state index is -0.226. The molecule has 2 heterocycles. The van der Waals surface area contributed by atoms with Crippen molar-refractivity contribution < 1.29 is 4.79 Å². The Kier molecular flexibility index (Phi) is 2.49. The van der Waals surface area contributed by atoms with E-state index in [1.165, 1.54) is 10.9 Å². The number of hydrogen-bond donors (Lipinski definition) is 2. The first-order chi connectivity index (χ1) is 7.27. The summed E-state index contributed by atoms with van der Waals surface area (Å²) in [5, 5.41) is 2.77. The van der Waals surface area contributed by atoms with E-state index in [1.54, 1.807) is 24.8 Å². The molecule has 6 nitrogen and oxygen atoms in total. The number of rotatable bonds is 2. The van der Waals surface area contributed by atoms with E-state index in [-0.39, 0.29) is 12.1 Å². The van der Waals surface area contributed by atoms with Gasteiger partial charge in [0.15, 0.2) is 0 Å². The third-order valence-corrected chi connectivity index (χ3v) is 2.01. The summed E-state index contributed by atoms with van der Waals surface area (Å²) < 4.78 is 1.37. The Balaban J connectivity index is 2.01. The highest BCUT2D eigenvalue weighted by molar-refractivity contribution is 5.76. The van der Waals surface area contributed by atoms with Gasteiger partial charge in [-0.3, -0.25) is 4.57 Å². The highest BCUT2D eigenvalue weighted by Gasteiger charge is 2.11. The van der Waals surface area contributed by atoms with Gasteiger partial charge in [0.25, 0.3) is 0 Å². The molecular formula is C9H11N5O. The molecule has 1 unspecified atom stereocenters. The van der Waals surface area contributed by atoms with E-state index in [4.69, 9.17) is 0 Å². The lowest BCUT2D eigenvalue weighted by atomic mass is 10.3.